The molecule has 1 saturated heterocycles. The lowest BCUT2D eigenvalue weighted by molar-refractivity contribution is 0.0600. The highest BCUT2D eigenvalue weighted by Crippen LogP contribution is 2.25. The van der Waals surface area contributed by atoms with Crippen molar-refractivity contribution >= 4 is 21.7 Å². The van der Waals surface area contributed by atoms with Gasteiger partial charge in [0.25, 0.3) is 0 Å². The van der Waals surface area contributed by atoms with Crippen LogP contribution in [0, 0.1) is 5.92 Å². The molecule has 1 N–H and O–H groups in total. The lowest BCUT2D eigenvalue weighted by Gasteiger charge is -2.32. The summed E-state index contributed by atoms with van der Waals surface area (Å²) in [6.45, 7) is 6.20. The number of methoxy groups -OCH3 is 1. The van der Waals surface area contributed by atoms with E-state index in [0.717, 1.165) is 24.6 Å². The molecule has 0 amide bonds. The number of sulfonamides is 1. The zero-order chi connectivity index (χ0) is 21.0. The van der Waals surface area contributed by atoms with Crippen LogP contribution >= 0.6 is 0 Å². The number of nitrogens with one attached hydrogen (secondary N) is 1. The van der Waals surface area contributed by atoms with Gasteiger partial charge in [0.2, 0.25) is 10.0 Å². The van der Waals surface area contributed by atoms with Crippen LogP contribution in [-0.2, 0) is 14.8 Å². The van der Waals surface area contributed by atoms with E-state index in [1.165, 1.54) is 49.9 Å². The maximum atomic E-state index is 12.8. The Balaban J connectivity index is 1.70. The standard InChI is InChI=1S/C22H28N2O4S/c1-16-11-13-24(14-12-16)20-9-7-18(8-10-20)17(2)23-29(26,27)21-6-4-5-19(15-21)22(25)28-3/h4-10,15-17,23H,11-14H2,1-3H3/t17-/m1/s1. The summed E-state index contributed by atoms with van der Waals surface area (Å²) in [5.41, 5.74) is 2.25. The summed E-state index contributed by atoms with van der Waals surface area (Å²) < 4.78 is 32.9. The quantitative estimate of drug-likeness (QED) is 0.726. The highest BCUT2D eigenvalue weighted by molar-refractivity contribution is 7.89. The normalized spacial score (nSPS) is 16.4. The fourth-order valence-electron chi connectivity index (χ4n) is 3.52. The molecule has 0 spiro atoms. The summed E-state index contributed by atoms with van der Waals surface area (Å²) in [5.74, 6) is 0.204. The molecule has 0 saturated carbocycles. The lowest BCUT2D eigenvalue weighted by atomic mass is 9.98. The topological polar surface area (TPSA) is 75.7 Å². The summed E-state index contributed by atoms with van der Waals surface area (Å²) in [6, 6.07) is 13.5. The molecule has 2 aromatic carbocycles. The van der Waals surface area contributed by atoms with Crippen LogP contribution in [0.1, 0.15) is 48.7 Å². The maximum absolute atomic E-state index is 12.8. The van der Waals surface area contributed by atoms with E-state index in [4.69, 9.17) is 0 Å². The van der Waals surface area contributed by atoms with Crippen molar-refractivity contribution in [2.45, 2.75) is 37.6 Å². The maximum Gasteiger partial charge on any atom is 0.337 e. The number of anilines is 1. The summed E-state index contributed by atoms with van der Waals surface area (Å²) in [5, 5.41) is 0. The van der Waals surface area contributed by atoms with E-state index < -0.39 is 22.0 Å². The van der Waals surface area contributed by atoms with Gasteiger partial charge < -0.3 is 9.64 Å². The third kappa shape index (κ3) is 5.16. The number of nitrogens with zero attached hydrogens (tertiary/aromatic N) is 1. The van der Waals surface area contributed by atoms with Gasteiger partial charge in [0.05, 0.1) is 17.6 Å². The van der Waals surface area contributed by atoms with Gasteiger partial charge in [0.15, 0.2) is 0 Å². The average Bonchev–Trinajstić information content (AvgIpc) is 2.73. The van der Waals surface area contributed by atoms with Crippen LogP contribution in [0.15, 0.2) is 53.4 Å². The zero-order valence-corrected chi connectivity index (χ0v) is 17.9. The summed E-state index contributed by atoms with van der Waals surface area (Å²) in [4.78, 5) is 14.1. The van der Waals surface area contributed by atoms with Crippen LogP contribution in [0.2, 0.25) is 0 Å². The first kappa shape index (κ1) is 21.3. The lowest BCUT2D eigenvalue weighted by Crippen LogP contribution is -2.32. The van der Waals surface area contributed by atoms with Crippen molar-refractivity contribution in [1.29, 1.82) is 0 Å². The van der Waals surface area contributed by atoms with Crippen LogP contribution in [0.3, 0.4) is 0 Å². The molecule has 1 atom stereocenters. The van der Waals surface area contributed by atoms with Crippen molar-refractivity contribution < 1.29 is 17.9 Å². The first-order valence-corrected chi connectivity index (χ1v) is 11.3. The molecule has 1 heterocycles. The molecule has 7 heteroatoms. The number of piperidine rings is 1. The minimum atomic E-state index is -3.78. The summed E-state index contributed by atoms with van der Waals surface area (Å²) in [6.07, 6.45) is 2.39. The van der Waals surface area contributed by atoms with Crippen molar-refractivity contribution in [2.75, 3.05) is 25.1 Å². The number of carbonyl (C=O) groups excluding carboxylic acids is 1. The molecule has 2 aromatic rings. The molecule has 1 aliphatic rings. The summed E-state index contributed by atoms with van der Waals surface area (Å²) >= 11 is 0. The predicted molar refractivity (Wildman–Crippen MR) is 114 cm³/mol. The number of hydrogen-bond donors (Lipinski definition) is 1. The second-order valence-electron chi connectivity index (χ2n) is 7.62. The number of carbonyl (C=O) groups is 1. The largest absolute Gasteiger partial charge is 0.465 e. The van der Waals surface area contributed by atoms with E-state index in [2.05, 4.69) is 21.3 Å². The zero-order valence-electron chi connectivity index (χ0n) is 17.1. The van der Waals surface area contributed by atoms with Gasteiger partial charge in [-0.2, -0.15) is 0 Å². The molecule has 1 aliphatic heterocycles. The van der Waals surface area contributed by atoms with Crippen molar-refractivity contribution in [1.82, 2.24) is 4.72 Å². The van der Waals surface area contributed by atoms with E-state index in [0.29, 0.717) is 0 Å². The Bertz CT molecular complexity index is 949. The van der Waals surface area contributed by atoms with E-state index in [1.54, 1.807) is 6.92 Å². The molecule has 6 nitrogen and oxygen atoms in total. The number of esters is 1. The Morgan fingerprint density at radius 1 is 1.14 bits per heavy atom. The molecule has 0 bridgehead atoms. The van der Waals surface area contributed by atoms with Crippen LogP contribution in [-0.4, -0.2) is 34.6 Å². The monoisotopic (exact) mass is 416 g/mol. The molecule has 0 radical (unpaired) electrons. The molecular formula is C22H28N2O4S. The van der Waals surface area contributed by atoms with E-state index >= 15 is 0 Å². The Morgan fingerprint density at radius 3 is 2.41 bits per heavy atom. The van der Waals surface area contributed by atoms with Gasteiger partial charge in [-0.15, -0.1) is 0 Å². The molecule has 3 rings (SSSR count). The molecule has 0 aliphatic carbocycles. The van der Waals surface area contributed by atoms with Crippen molar-refractivity contribution in [3.63, 3.8) is 0 Å². The van der Waals surface area contributed by atoms with Gasteiger partial charge in [0, 0.05) is 24.8 Å². The molecular weight excluding hydrogens is 388 g/mol. The first-order chi connectivity index (χ1) is 13.8. The van der Waals surface area contributed by atoms with Gasteiger partial charge in [-0.25, -0.2) is 17.9 Å². The Kier molecular flexibility index (Phi) is 6.59. The van der Waals surface area contributed by atoms with Gasteiger partial charge >= 0.3 is 5.97 Å². The number of hydrogen-bond acceptors (Lipinski definition) is 5. The second kappa shape index (κ2) is 8.97. The number of rotatable bonds is 6. The van der Waals surface area contributed by atoms with Crippen LogP contribution in [0.4, 0.5) is 5.69 Å². The minimum absolute atomic E-state index is 0.0336. The Labute approximate surface area is 172 Å². The first-order valence-electron chi connectivity index (χ1n) is 9.86. The van der Waals surface area contributed by atoms with Crippen molar-refractivity contribution in [3.8, 4) is 0 Å². The van der Waals surface area contributed by atoms with E-state index in [1.807, 2.05) is 24.3 Å². The summed E-state index contributed by atoms with van der Waals surface area (Å²) in [7, 11) is -2.51. The van der Waals surface area contributed by atoms with E-state index in [-0.39, 0.29) is 10.5 Å². The highest BCUT2D eigenvalue weighted by Gasteiger charge is 2.21. The fourth-order valence-corrected chi connectivity index (χ4v) is 4.79. The molecule has 0 aromatic heterocycles. The van der Waals surface area contributed by atoms with Gasteiger partial charge in [-0.1, -0.05) is 25.1 Å². The fraction of sp³-hybridized carbons (Fsp3) is 0.409. The predicted octanol–water partition coefficient (Wildman–Crippen LogP) is 3.75. The van der Waals surface area contributed by atoms with E-state index in [9.17, 15) is 13.2 Å². The molecule has 156 valence electrons. The van der Waals surface area contributed by atoms with Crippen molar-refractivity contribution in [2.24, 2.45) is 5.92 Å². The molecule has 29 heavy (non-hydrogen) atoms. The minimum Gasteiger partial charge on any atom is -0.465 e. The van der Waals surface area contributed by atoms with Gasteiger partial charge in [0.1, 0.15) is 0 Å². The smallest absolute Gasteiger partial charge is 0.337 e. The average molecular weight is 417 g/mol. The van der Waals surface area contributed by atoms with Crippen LogP contribution in [0.25, 0.3) is 0 Å². The van der Waals surface area contributed by atoms with Crippen LogP contribution in [0.5, 0.6) is 0 Å². The number of benzene rings is 2. The SMILES string of the molecule is COC(=O)c1cccc(S(=O)(=O)N[C@H](C)c2ccc(N3CCC(C)CC3)cc2)c1. The van der Waals surface area contributed by atoms with Gasteiger partial charge in [-0.05, 0) is 61.6 Å². The molecule has 0 unspecified atom stereocenters. The third-order valence-corrected chi connectivity index (χ3v) is 6.98. The number of ether oxygens (including phenoxy) is 1. The molecule has 1 fully saturated rings. The second-order valence-corrected chi connectivity index (χ2v) is 9.34. The Hall–Kier alpha value is -2.38. The van der Waals surface area contributed by atoms with Gasteiger partial charge in [-0.3, -0.25) is 0 Å². The van der Waals surface area contributed by atoms with Crippen LogP contribution < -0.4 is 9.62 Å². The Morgan fingerprint density at radius 2 is 1.79 bits per heavy atom. The van der Waals surface area contributed by atoms with Crippen molar-refractivity contribution in [3.05, 3.63) is 59.7 Å². The highest BCUT2D eigenvalue weighted by atomic mass is 32.2. The third-order valence-electron chi connectivity index (χ3n) is 5.44.